The lowest BCUT2D eigenvalue weighted by Crippen LogP contribution is -2.43. The minimum Gasteiger partial charge on any atom is -0.481 e. The van der Waals surface area contributed by atoms with Crippen LogP contribution < -0.4 is 0 Å². The van der Waals surface area contributed by atoms with Gasteiger partial charge >= 0.3 is 11.9 Å². The highest BCUT2D eigenvalue weighted by Crippen LogP contribution is 2.64. The average Bonchev–Trinajstić information content (AvgIpc) is 2.42. The van der Waals surface area contributed by atoms with Crippen molar-refractivity contribution in [2.45, 2.75) is 40.5 Å². The Labute approximate surface area is 114 Å². The molecule has 0 heterocycles. The lowest BCUT2D eigenvalue weighted by atomic mass is 9.61. The summed E-state index contributed by atoms with van der Waals surface area (Å²) in [6, 6.07) is 0. The van der Waals surface area contributed by atoms with E-state index in [0.29, 0.717) is 5.92 Å². The van der Waals surface area contributed by atoms with E-state index >= 15 is 0 Å². The first-order chi connectivity index (χ1) is 8.71. The number of fused-ring (bicyclic) bond motifs is 2. The van der Waals surface area contributed by atoms with Crippen molar-refractivity contribution in [2.24, 2.45) is 40.9 Å². The van der Waals surface area contributed by atoms with E-state index in [2.05, 4.69) is 13.8 Å². The molecule has 0 aliphatic heterocycles. The Balaban J connectivity index is 2.51. The molecular weight excluding hydrogens is 244 g/mol. The molecule has 0 aromatic carbocycles. The number of hydrogen-bond donors (Lipinski definition) is 2. The Morgan fingerprint density at radius 2 is 1.79 bits per heavy atom. The summed E-state index contributed by atoms with van der Waals surface area (Å²) in [5.74, 6) is -2.40. The predicted molar refractivity (Wildman–Crippen MR) is 70.6 cm³/mol. The molecule has 19 heavy (non-hydrogen) atoms. The van der Waals surface area contributed by atoms with Gasteiger partial charge in [-0.2, -0.15) is 0 Å². The molecule has 0 aromatic heterocycles. The van der Waals surface area contributed by atoms with Crippen LogP contribution in [0.2, 0.25) is 0 Å². The lowest BCUT2D eigenvalue weighted by Gasteiger charge is -2.43. The zero-order valence-electron chi connectivity index (χ0n) is 12.1. The molecule has 0 amide bonds. The van der Waals surface area contributed by atoms with Crippen LogP contribution in [0.4, 0.5) is 0 Å². The third-order valence-corrected chi connectivity index (χ3v) is 6.01. The smallest absolute Gasteiger partial charge is 0.307 e. The first-order valence-electron chi connectivity index (χ1n) is 7.17. The average molecular weight is 268 g/mol. The van der Waals surface area contributed by atoms with Crippen molar-refractivity contribution in [1.82, 2.24) is 0 Å². The molecule has 4 heteroatoms. The van der Waals surface area contributed by atoms with Crippen LogP contribution >= 0.6 is 0 Å². The van der Waals surface area contributed by atoms with Crippen molar-refractivity contribution in [3.63, 3.8) is 0 Å². The zero-order valence-corrected chi connectivity index (χ0v) is 12.1. The lowest BCUT2D eigenvalue weighted by molar-refractivity contribution is -0.152. The third-order valence-electron chi connectivity index (χ3n) is 6.01. The van der Waals surface area contributed by atoms with Gasteiger partial charge < -0.3 is 10.2 Å². The van der Waals surface area contributed by atoms with Crippen molar-refractivity contribution in [3.05, 3.63) is 0 Å². The normalized spacial score (nSPS) is 45.4. The largest absolute Gasteiger partial charge is 0.481 e. The van der Waals surface area contributed by atoms with Gasteiger partial charge in [0.2, 0.25) is 0 Å². The SMILES string of the molecule is CC(C)C1CCC2(C)C(C)C(C(=O)O)C1C2C(=O)O. The quantitative estimate of drug-likeness (QED) is 0.825. The van der Waals surface area contributed by atoms with E-state index in [9.17, 15) is 19.8 Å². The highest BCUT2D eigenvalue weighted by molar-refractivity contribution is 5.78. The fourth-order valence-corrected chi connectivity index (χ4v) is 4.84. The van der Waals surface area contributed by atoms with Crippen LogP contribution in [0, 0.1) is 40.9 Å². The molecule has 6 atom stereocenters. The van der Waals surface area contributed by atoms with Gasteiger partial charge in [0.15, 0.2) is 0 Å². The molecular formula is C15H24O4. The number of hydrogen-bond acceptors (Lipinski definition) is 2. The molecule has 2 N–H and O–H groups in total. The van der Waals surface area contributed by atoms with Gasteiger partial charge in [-0.15, -0.1) is 0 Å². The topological polar surface area (TPSA) is 74.6 Å². The van der Waals surface area contributed by atoms with Crippen molar-refractivity contribution < 1.29 is 19.8 Å². The first kappa shape index (κ1) is 14.4. The van der Waals surface area contributed by atoms with Crippen LogP contribution in [-0.4, -0.2) is 22.2 Å². The van der Waals surface area contributed by atoms with Gasteiger partial charge in [0.05, 0.1) is 11.8 Å². The van der Waals surface area contributed by atoms with Crippen LogP contribution in [0.5, 0.6) is 0 Å². The summed E-state index contributed by atoms with van der Waals surface area (Å²) >= 11 is 0. The maximum absolute atomic E-state index is 11.7. The van der Waals surface area contributed by atoms with Crippen molar-refractivity contribution >= 4 is 11.9 Å². The van der Waals surface area contributed by atoms with Crippen LogP contribution in [0.15, 0.2) is 0 Å². The molecule has 0 spiro atoms. The van der Waals surface area contributed by atoms with E-state index in [1.807, 2.05) is 13.8 Å². The minimum atomic E-state index is -0.819. The summed E-state index contributed by atoms with van der Waals surface area (Å²) in [5, 5.41) is 19.2. The van der Waals surface area contributed by atoms with Gasteiger partial charge in [-0.1, -0.05) is 27.7 Å². The van der Waals surface area contributed by atoms with Crippen LogP contribution in [-0.2, 0) is 9.59 Å². The van der Waals surface area contributed by atoms with Gasteiger partial charge in [0.1, 0.15) is 0 Å². The number of aliphatic carboxylic acids is 2. The summed E-state index contributed by atoms with van der Waals surface area (Å²) in [4.78, 5) is 23.3. The Bertz CT molecular complexity index is 403. The zero-order chi connectivity index (χ0) is 14.5. The van der Waals surface area contributed by atoms with Gasteiger partial charge in [-0.05, 0) is 41.9 Å². The van der Waals surface area contributed by atoms with E-state index in [0.717, 1.165) is 12.8 Å². The van der Waals surface area contributed by atoms with Crippen molar-refractivity contribution in [1.29, 1.82) is 0 Å². The Morgan fingerprint density at radius 1 is 1.21 bits per heavy atom. The monoisotopic (exact) mass is 268 g/mol. The molecule has 2 fully saturated rings. The standard InChI is InChI=1S/C15H24O4/c1-7(2)9-5-6-15(4)8(3)10(13(16)17)11(9)12(15)14(18)19/h7-12H,5-6H2,1-4H3,(H,16,17)(H,18,19). The summed E-state index contributed by atoms with van der Waals surface area (Å²) in [7, 11) is 0. The Morgan fingerprint density at radius 3 is 2.21 bits per heavy atom. The first-order valence-corrected chi connectivity index (χ1v) is 7.17. The predicted octanol–water partition coefficient (Wildman–Crippen LogP) is 2.73. The van der Waals surface area contributed by atoms with Crippen LogP contribution in [0.3, 0.4) is 0 Å². The Hall–Kier alpha value is -1.06. The van der Waals surface area contributed by atoms with Gasteiger partial charge in [0.25, 0.3) is 0 Å². The highest BCUT2D eigenvalue weighted by Gasteiger charge is 2.65. The maximum atomic E-state index is 11.7. The molecule has 4 nitrogen and oxygen atoms in total. The molecule has 2 saturated carbocycles. The fraction of sp³-hybridized carbons (Fsp3) is 0.867. The molecule has 2 aliphatic carbocycles. The number of carboxylic acids is 2. The summed E-state index contributed by atoms with van der Waals surface area (Å²) < 4.78 is 0. The molecule has 0 aromatic rings. The minimum absolute atomic E-state index is 0.0696. The van der Waals surface area contributed by atoms with E-state index in [4.69, 9.17) is 0 Å². The molecule has 2 bridgehead atoms. The molecule has 2 aliphatic rings. The van der Waals surface area contributed by atoms with Crippen LogP contribution in [0.1, 0.15) is 40.5 Å². The van der Waals surface area contributed by atoms with Crippen LogP contribution in [0.25, 0.3) is 0 Å². The molecule has 2 rings (SSSR count). The highest BCUT2D eigenvalue weighted by atomic mass is 16.4. The molecule has 108 valence electrons. The second-order valence-electron chi connectivity index (χ2n) is 7.00. The van der Waals surface area contributed by atoms with Gasteiger partial charge in [0, 0.05) is 0 Å². The number of rotatable bonds is 3. The summed E-state index contributed by atoms with van der Waals surface area (Å²) in [5.41, 5.74) is -0.370. The van der Waals surface area contributed by atoms with E-state index in [1.54, 1.807) is 0 Å². The Kier molecular flexibility index (Phi) is 3.40. The molecule has 6 unspecified atom stereocenters. The van der Waals surface area contributed by atoms with E-state index in [1.165, 1.54) is 0 Å². The van der Waals surface area contributed by atoms with E-state index < -0.39 is 23.8 Å². The summed E-state index contributed by atoms with van der Waals surface area (Å²) in [6.45, 7) is 8.06. The fourth-order valence-electron chi connectivity index (χ4n) is 4.84. The van der Waals surface area contributed by atoms with Gasteiger partial charge in [-0.3, -0.25) is 9.59 Å². The van der Waals surface area contributed by atoms with Crippen molar-refractivity contribution in [3.8, 4) is 0 Å². The molecule has 0 saturated heterocycles. The number of carboxylic acid groups (broad SMARTS) is 2. The second-order valence-corrected chi connectivity index (χ2v) is 7.00. The number of carbonyl (C=O) groups is 2. The van der Waals surface area contributed by atoms with Crippen molar-refractivity contribution in [2.75, 3.05) is 0 Å². The second kappa shape index (κ2) is 4.50. The van der Waals surface area contributed by atoms with E-state index in [-0.39, 0.29) is 23.2 Å². The summed E-state index contributed by atoms with van der Waals surface area (Å²) in [6.07, 6.45) is 1.78. The van der Waals surface area contributed by atoms with Gasteiger partial charge in [-0.25, -0.2) is 0 Å². The third kappa shape index (κ3) is 1.87. The maximum Gasteiger partial charge on any atom is 0.307 e. The molecule has 0 radical (unpaired) electrons.